The van der Waals surface area contributed by atoms with Crippen molar-refractivity contribution in [3.8, 4) is 0 Å². The average molecular weight is 133 g/mol. The van der Waals surface area contributed by atoms with Gasteiger partial charge in [-0.05, 0) is 6.07 Å². The molecule has 1 heterocycles. The minimum atomic E-state index is 1.50. The van der Waals surface area contributed by atoms with E-state index in [1.54, 1.807) is 18.5 Å². The zero-order valence-electron chi connectivity index (χ0n) is 4.03. The molecule has 0 saturated carbocycles. The first kappa shape index (κ1) is 7.33. The minimum absolute atomic E-state index is 1.50. The predicted molar refractivity (Wildman–Crippen MR) is 30.1 cm³/mol. The first-order valence-electron chi connectivity index (χ1n) is 1.87. The van der Waals surface area contributed by atoms with Gasteiger partial charge in [0.2, 0.25) is 0 Å². The molecule has 0 aromatic carbocycles. The summed E-state index contributed by atoms with van der Waals surface area (Å²) in [6.07, 6.45) is 4.88. The number of hydrogen-bond donors (Lipinski definition) is 1. The lowest BCUT2D eigenvalue weighted by atomic mass is 10.7. The van der Waals surface area contributed by atoms with Crippen molar-refractivity contribution in [3.05, 3.63) is 24.8 Å². The molecule has 1 aromatic rings. The van der Waals surface area contributed by atoms with E-state index >= 15 is 0 Å². The Labute approximate surface area is 52.1 Å². The molecule has 4 heteroatoms. The van der Waals surface area contributed by atoms with Crippen molar-refractivity contribution in [3.63, 3.8) is 0 Å². The van der Waals surface area contributed by atoms with Gasteiger partial charge in [-0.1, -0.05) is 0 Å². The Morgan fingerprint density at radius 2 is 1.62 bits per heavy atom. The highest BCUT2D eigenvalue weighted by atomic mass is 35.5. The molecule has 0 radical (unpaired) electrons. The molecule has 0 atom stereocenters. The summed E-state index contributed by atoms with van der Waals surface area (Å²) in [6.45, 7) is 0. The lowest BCUT2D eigenvalue weighted by Crippen LogP contribution is -1.66. The molecule has 0 aliphatic rings. The van der Waals surface area contributed by atoms with Crippen LogP contribution in [-0.2, 0) is 0 Å². The Hall–Kier alpha value is -0.670. The smallest absolute Gasteiger partial charge is 0.115 e. The molecular formula is C4H5ClN2O. The standard InChI is InChI=1S/C4H4N2.ClHO/c1-2-5-4-6-3-1;1-2/h1-4H;2H. The summed E-state index contributed by atoms with van der Waals surface area (Å²) in [5.74, 6) is 0. The molecule has 1 N–H and O–H groups in total. The molecule has 0 amide bonds. The van der Waals surface area contributed by atoms with Crippen LogP contribution in [0, 0.1) is 0 Å². The van der Waals surface area contributed by atoms with Crippen LogP contribution in [0.25, 0.3) is 0 Å². The molecule has 44 valence electrons. The maximum Gasteiger partial charge on any atom is 0.115 e. The molecule has 0 saturated heterocycles. The van der Waals surface area contributed by atoms with Gasteiger partial charge in [0.1, 0.15) is 6.33 Å². The molecule has 0 unspecified atom stereocenters. The second-order valence-electron chi connectivity index (χ2n) is 0.904. The molecule has 0 fully saturated rings. The highest BCUT2D eigenvalue weighted by molar-refractivity contribution is 6.04. The summed E-state index contributed by atoms with van der Waals surface area (Å²) in [5, 5.41) is 0. The molecule has 3 nitrogen and oxygen atoms in total. The van der Waals surface area contributed by atoms with Crippen LogP contribution in [0.3, 0.4) is 0 Å². The van der Waals surface area contributed by atoms with E-state index < -0.39 is 0 Å². The third-order valence-electron chi connectivity index (χ3n) is 0.478. The largest absolute Gasteiger partial charge is 0.295 e. The van der Waals surface area contributed by atoms with E-state index in [1.807, 2.05) is 0 Å². The summed E-state index contributed by atoms with van der Waals surface area (Å²) in [7, 11) is 0. The topological polar surface area (TPSA) is 46.0 Å². The van der Waals surface area contributed by atoms with E-state index in [0.29, 0.717) is 0 Å². The highest BCUT2D eigenvalue weighted by Crippen LogP contribution is 1.66. The summed E-state index contributed by atoms with van der Waals surface area (Å²) in [5.41, 5.74) is 0. The SMILES string of the molecule is OCl.c1cncnc1. The van der Waals surface area contributed by atoms with Gasteiger partial charge in [0, 0.05) is 12.4 Å². The van der Waals surface area contributed by atoms with Crippen molar-refractivity contribution in [1.82, 2.24) is 9.97 Å². The van der Waals surface area contributed by atoms with Crippen molar-refractivity contribution in [1.29, 1.82) is 0 Å². The third-order valence-corrected chi connectivity index (χ3v) is 0.478. The van der Waals surface area contributed by atoms with Crippen molar-refractivity contribution in [2.24, 2.45) is 0 Å². The van der Waals surface area contributed by atoms with Crippen LogP contribution in [-0.4, -0.2) is 14.6 Å². The van der Waals surface area contributed by atoms with Crippen molar-refractivity contribution in [2.45, 2.75) is 0 Å². The Morgan fingerprint density at radius 3 is 1.75 bits per heavy atom. The Bertz CT molecular complexity index is 86.0. The Morgan fingerprint density at radius 1 is 1.12 bits per heavy atom. The van der Waals surface area contributed by atoms with Gasteiger partial charge in [-0.15, -0.1) is 0 Å². The van der Waals surface area contributed by atoms with Crippen molar-refractivity contribution in [2.75, 3.05) is 0 Å². The molecule has 1 rings (SSSR count). The lowest BCUT2D eigenvalue weighted by Gasteiger charge is -1.70. The fraction of sp³-hybridized carbons (Fsp3) is 0. The van der Waals surface area contributed by atoms with Gasteiger partial charge >= 0.3 is 0 Å². The van der Waals surface area contributed by atoms with Gasteiger partial charge in [-0.2, -0.15) is 0 Å². The fourth-order valence-corrected chi connectivity index (χ4v) is 0.253. The zero-order chi connectivity index (χ0) is 6.24. The monoisotopic (exact) mass is 132 g/mol. The van der Waals surface area contributed by atoms with Crippen LogP contribution in [0.2, 0.25) is 0 Å². The summed E-state index contributed by atoms with van der Waals surface area (Å²) >= 11 is 3.64. The van der Waals surface area contributed by atoms with Crippen LogP contribution in [0.5, 0.6) is 0 Å². The maximum atomic E-state index is 6.47. The number of hydrogen-bond acceptors (Lipinski definition) is 3. The van der Waals surface area contributed by atoms with Crippen LogP contribution in [0.1, 0.15) is 0 Å². The van der Waals surface area contributed by atoms with Gasteiger partial charge in [0.25, 0.3) is 0 Å². The number of rotatable bonds is 0. The van der Waals surface area contributed by atoms with E-state index in [1.165, 1.54) is 6.33 Å². The van der Waals surface area contributed by atoms with Gasteiger partial charge in [0.05, 0.1) is 11.9 Å². The van der Waals surface area contributed by atoms with Crippen molar-refractivity contribution >= 4 is 11.9 Å². The zero-order valence-corrected chi connectivity index (χ0v) is 4.78. The first-order chi connectivity index (χ1) is 4.00. The van der Waals surface area contributed by atoms with E-state index in [4.69, 9.17) is 4.66 Å². The van der Waals surface area contributed by atoms with Crippen LogP contribution < -0.4 is 0 Å². The normalized spacial score (nSPS) is 6.75. The average Bonchev–Trinajstić information content (AvgIpc) is 1.96. The quantitative estimate of drug-likeness (QED) is 0.563. The minimum Gasteiger partial charge on any atom is -0.295 e. The number of aromatic nitrogens is 2. The van der Waals surface area contributed by atoms with Gasteiger partial charge < -0.3 is 0 Å². The predicted octanol–water partition coefficient (Wildman–Crippen LogP) is 0.609. The maximum absolute atomic E-state index is 6.47. The summed E-state index contributed by atoms with van der Waals surface area (Å²) in [4.78, 5) is 7.35. The Balaban J connectivity index is 0.000000222. The molecular weight excluding hydrogens is 128 g/mol. The van der Waals surface area contributed by atoms with E-state index in [-0.39, 0.29) is 0 Å². The number of nitrogens with zero attached hydrogens (tertiary/aromatic N) is 2. The van der Waals surface area contributed by atoms with Crippen LogP contribution >= 0.6 is 11.9 Å². The molecule has 0 aliphatic heterocycles. The first-order valence-corrected chi connectivity index (χ1v) is 2.21. The summed E-state index contributed by atoms with van der Waals surface area (Å²) in [6, 6.07) is 1.78. The fourth-order valence-electron chi connectivity index (χ4n) is 0.253. The molecule has 0 bridgehead atoms. The Kier molecular flexibility index (Phi) is 5.80. The van der Waals surface area contributed by atoms with Gasteiger partial charge in [0.15, 0.2) is 0 Å². The molecule has 8 heavy (non-hydrogen) atoms. The van der Waals surface area contributed by atoms with Crippen LogP contribution in [0.15, 0.2) is 24.8 Å². The molecule has 0 spiro atoms. The van der Waals surface area contributed by atoms with Gasteiger partial charge in [-0.3, -0.25) is 4.66 Å². The van der Waals surface area contributed by atoms with E-state index in [0.717, 1.165) is 0 Å². The molecule has 1 aromatic heterocycles. The number of halogens is 1. The van der Waals surface area contributed by atoms with E-state index in [2.05, 4.69) is 21.8 Å². The molecule has 0 aliphatic carbocycles. The van der Waals surface area contributed by atoms with Crippen LogP contribution in [0.4, 0.5) is 0 Å². The van der Waals surface area contributed by atoms with Gasteiger partial charge in [-0.25, -0.2) is 9.97 Å². The second-order valence-corrected chi connectivity index (χ2v) is 0.904. The van der Waals surface area contributed by atoms with Crippen molar-refractivity contribution < 1.29 is 4.66 Å². The summed E-state index contributed by atoms with van der Waals surface area (Å²) < 4.78 is 6.47. The van der Waals surface area contributed by atoms with E-state index in [9.17, 15) is 0 Å². The lowest BCUT2D eigenvalue weighted by molar-refractivity contribution is 0.632. The highest BCUT2D eigenvalue weighted by Gasteiger charge is 1.59. The second kappa shape index (κ2) is 6.33. The third kappa shape index (κ3) is 3.52.